The first-order valence-corrected chi connectivity index (χ1v) is 6.78. The van der Waals surface area contributed by atoms with Crippen molar-refractivity contribution < 1.29 is 13.2 Å². The topological polar surface area (TPSA) is 69.7 Å². The standard InChI is InChI=1S/C9H19N3O3S.ClH/c1-8(9(13)11(2)3)16(14,15)12-6-4-10-5-7-12;/h8,10H,4-7H2,1-3H3;1H. The zero-order valence-corrected chi connectivity index (χ0v) is 12.0. The van der Waals surface area contributed by atoms with Crippen LogP contribution in [0.5, 0.6) is 0 Å². The largest absolute Gasteiger partial charge is 0.348 e. The molecule has 1 unspecified atom stereocenters. The van der Waals surface area contributed by atoms with Crippen LogP contribution in [0.3, 0.4) is 0 Å². The third-order valence-electron chi connectivity index (χ3n) is 2.67. The molecular weight excluding hydrogens is 266 g/mol. The Morgan fingerprint density at radius 2 is 1.76 bits per heavy atom. The quantitative estimate of drug-likeness (QED) is 0.731. The summed E-state index contributed by atoms with van der Waals surface area (Å²) in [4.78, 5) is 12.9. The predicted octanol–water partition coefficient (Wildman–Crippen LogP) is -0.880. The normalized spacial score (nSPS) is 19.2. The molecular formula is C9H20ClN3O3S. The minimum atomic E-state index is -3.50. The van der Waals surface area contributed by atoms with Crippen LogP contribution in [0.4, 0.5) is 0 Å². The Morgan fingerprint density at radius 3 is 2.18 bits per heavy atom. The Bertz CT molecular complexity index is 352. The molecule has 102 valence electrons. The molecule has 0 saturated carbocycles. The molecule has 0 aliphatic carbocycles. The summed E-state index contributed by atoms with van der Waals surface area (Å²) < 4.78 is 25.5. The van der Waals surface area contributed by atoms with Gasteiger partial charge in [-0.05, 0) is 6.92 Å². The predicted molar refractivity (Wildman–Crippen MR) is 68.8 cm³/mol. The Balaban J connectivity index is 0.00000256. The molecule has 1 heterocycles. The van der Waals surface area contributed by atoms with Crippen molar-refractivity contribution in [3.63, 3.8) is 0 Å². The van der Waals surface area contributed by atoms with Gasteiger partial charge in [0.25, 0.3) is 0 Å². The van der Waals surface area contributed by atoms with Gasteiger partial charge in [-0.1, -0.05) is 0 Å². The fourth-order valence-electron chi connectivity index (χ4n) is 1.61. The molecule has 1 atom stereocenters. The highest BCUT2D eigenvalue weighted by molar-refractivity contribution is 7.90. The Kier molecular flexibility index (Phi) is 6.39. The number of rotatable bonds is 3. The summed E-state index contributed by atoms with van der Waals surface area (Å²) in [6.45, 7) is 3.60. The first-order chi connectivity index (χ1) is 7.37. The molecule has 6 nitrogen and oxygen atoms in total. The van der Waals surface area contributed by atoms with E-state index in [4.69, 9.17) is 0 Å². The van der Waals surface area contributed by atoms with Gasteiger partial charge in [-0.3, -0.25) is 4.79 Å². The summed E-state index contributed by atoms with van der Waals surface area (Å²) in [5, 5.41) is 2.08. The van der Waals surface area contributed by atoms with Crippen molar-refractivity contribution in [3.05, 3.63) is 0 Å². The van der Waals surface area contributed by atoms with Crippen molar-refractivity contribution in [3.8, 4) is 0 Å². The van der Waals surface area contributed by atoms with Crippen LogP contribution < -0.4 is 5.32 Å². The van der Waals surface area contributed by atoms with Gasteiger partial charge in [0.15, 0.2) is 5.25 Å². The molecule has 1 rings (SSSR count). The van der Waals surface area contributed by atoms with Gasteiger partial charge in [-0.15, -0.1) is 12.4 Å². The highest BCUT2D eigenvalue weighted by Gasteiger charge is 2.35. The second kappa shape index (κ2) is 6.53. The van der Waals surface area contributed by atoms with Crippen LogP contribution in [-0.2, 0) is 14.8 Å². The molecule has 0 aromatic rings. The summed E-state index contributed by atoms with van der Waals surface area (Å²) >= 11 is 0. The minimum Gasteiger partial charge on any atom is -0.348 e. The zero-order chi connectivity index (χ0) is 12.3. The average Bonchev–Trinajstić information content (AvgIpc) is 2.28. The Hall–Kier alpha value is -0.370. The van der Waals surface area contributed by atoms with E-state index in [9.17, 15) is 13.2 Å². The van der Waals surface area contributed by atoms with Crippen LogP contribution >= 0.6 is 12.4 Å². The summed E-state index contributed by atoms with van der Waals surface area (Å²) in [6, 6.07) is 0. The van der Waals surface area contributed by atoms with Crippen LogP contribution in [0.15, 0.2) is 0 Å². The molecule has 0 aromatic carbocycles. The molecule has 1 amide bonds. The first-order valence-electron chi connectivity index (χ1n) is 5.28. The number of hydrogen-bond donors (Lipinski definition) is 1. The molecule has 17 heavy (non-hydrogen) atoms. The summed E-state index contributed by atoms with van der Waals surface area (Å²) in [5.41, 5.74) is 0. The van der Waals surface area contributed by atoms with Crippen molar-refractivity contribution in [1.82, 2.24) is 14.5 Å². The van der Waals surface area contributed by atoms with Crippen LogP contribution in [0.25, 0.3) is 0 Å². The van der Waals surface area contributed by atoms with Crippen LogP contribution in [0, 0.1) is 0 Å². The lowest BCUT2D eigenvalue weighted by molar-refractivity contribution is -0.128. The van der Waals surface area contributed by atoms with Crippen molar-refractivity contribution in [2.45, 2.75) is 12.2 Å². The zero-order valence-electron chi connectivity index (χ0n) is 10.3. The third kappa shape index (κ3) is 3.80. The molecule has 1 fully saturated rings. The highest BCUT2D eigenvalue weighted by atomic mass is 35.5. The Morgan fingerprint density at radius 1 is 1.29 bits per heavy atom. The molecule has 1 aliphatic heterocycles. The van der Waals surface area contributed by atoms with Crippen molar-refractivity contribution >= 4 is 28.3 Å². The number of nitrogens with one attached hydrogen (secondary N) is 1. The lowest BCUT2D eigenvalue weighted by atomic mass is 10.4. The van der Waals surface area contributed by atoms with E-state index in [0.717, 1.165) is 0 Å². The van der Waals surface area contributed by atoms with E-state index >= 15 is 0 Å². The molecule has 1 aliphatic rings. The van der Waals surface area contributed by atoms with Crippen molar-refractivity contribution in [2.24, 2.45) is 0 Å². The summed E-state index contributed by atoms with van der Waals surface area (Å²) in [5.74, 6) is -0.376. The summed E-state index contributed by atoms with van der Waals surface area (Å²) in [7, 11) is -0.381. The van der Waals surface area contributed by atoms with E-state index in [-0.39, 0.29) is 18.3 Å². The van der Waals surface area contributed by atoms with Gasteiger partial charge in [0.2, 0.25) is 15.9 Å². The molecule has 8 heteroatoms. The van der Waals surface area contributed by atoms with Crippen LogP contribution in [-0.4, -0.2) is 69.1 Å². The van der Waals surface area contributed by atoms with Crippen molar-refractivity contribution in [2.75, 3.05) is 40.3 Å². The number of piperazine rings is 1. The molecule has 1 saturated heterocycles. The van der Waals surface area contributed by atoms with E-state index in [0.29, 0.717) is 26.2 Å². The monoisotopic (exact) mass is 285 g/mol. The van der Waals surface area contributed by atoms with Gasteiger partial charge in [0.05, 0.1) is 0 Å². The van der Waals surface area contributed by atoms with Crippen LogP contribution in [0.2, 0.25) is 0 Å². The number of carbonyl (C=O) groups excluding carboxylic acids is 1. The number of sulfonamides is 1. The number of nitrogens with zero attached hydrogens (tertiary/aromatic N) is 2. The Labute approximate surface area is 109 Å². The summed E-state index contributed by atoms with van der Waals surface area (Å²) in [6.07, 6.45) is 0. The number of amides is 1. The van der Waals surface area contributed by atoms with E-state index in [1.807, 2.05) is 0 Å². The van der Waals surface area contributed by atoms with E-state index in [1.165, 1.54) is 16.1 Å². The first kappa shape index (κ1) is 16.6. The molecule has 1 N–H and O–H groups in total. The van der Waals surface area contributed by atoms with Gasteiger partial charge in [-0.2, -0.15) is 4.31 Å². The molecule has 0 bridgehead atoms. The minimum absolute atomic E-state index is 0. The number of halogens is 1. The maximum Gasteiger partial charge on any atom is 0.241 e. The number of hydrogen-bond acceptors (Lipinski definition) is 4. The molecule has 0 radical (unpaired) electrons. The van der Waals surface area contributed by atoms with E-state index < -0.39 is 15.3 Å². The lowest BCUT2D eigenvalue weighted by Gasteiger charge is -2.29. The van der Waals surface area contributed by atoms with Gasteiger partial charge >= 0.3 is 0 Å². The smallest absolute Gasteiger partial charge is 0.241 e. The van der Waals surface area contributed by atoms with Gasteiger partial charge in [-0.25, -0.2) is 8.42 Å². The van der Waals surface area contributed by atoms with E-state index in [2.05, 4.69) is 5.32 Å². The fraction of sp³-hybridized carbons (Fsp3) is 0.889. The highest BCUT2D eigenvalue weighted by Crippen LogP contribution is 2.11. The van der Waals surface area contributed by atoms with Gasteiger partial charge < -0.3 is 10.2 Å². The third-order valence-corrected chi connectivity index (χ3v) is 4.85. The van der Waals surface area contributed by atoms with Crippen LogP contribution in [0.1, 0.15) is 6.92 Å². The maximum atomic E-state index is 12.1. The second-order valence-corrected chi connectivity index (χ2v) is 6.32. The average molecular weight is 286 g/mol. The fourth-order valence-corrected chi connectivity index (χ4v) is 3.22. The second-order valence-electron chi connectivity index (χ2n) is 4.07. The van der Waals surface area contributed by atoms with Gasteiger partial charge in [0.1, 0.15) is 0 Å². The SMILES string of the molecule is CC(C(=O)N(C)C)S(=O)(=O)N1CCNCC1.Cl. The number of carbonyl (C=O) groups is 1. The van der Waals surface area contributed by atoms with Crippen molar-refractivity contribution in [1.29, 1.82) is 0 Å². The maximum absolute atomic E-state index is 12.1. The van der Waals surface area contributed by atoms with E-state index in [1.54, 1.807) is 14.1 Å². The molecule has 0 spiro atoms. The lowest BCUT2D eigenvalue weighted by Crippen LogP contribution is -2.51. The molecule has 0 aromatic heterocycles. The van der Waals surface area contributed by atoms with Gasteiger partial charge in [0, 0.05) is 40.3 Å².